The van der Waals surface area contributed by atoms with Gasteiger partial charge in [-0.25, -0.2) is 15.0 Å². The van der Waals surface area contributed by atoms with Gasteiger partial charge in [-0.2, -0.15) is 0 Å². The molecule has 0 unspecified atom stereocenters. The van der Waals surface area contributed by atoms with E-state index in [2.05, 4.69) is 39.4 Å². The van der Waals surface area contributed by atoms with Crippen molar-refractivity contribution in [2.24, 2.45) is 5.92 Å². The molecule has 2 aromatic heterocycles. The second-order valence-corrected chi connectivity index (χ2v) is 5.58. The van der Waals surface area contributed by atoms with Crippen molar-refractivity contribution >= 4 is 23.1 Å². The van der Waals surface area contributed by atoms with E-state index in [1.165, 1.54) is 6.33 Å². The maximum atomic E-state index is 11.4. The molecule has 2 N–H and O–H groups in total. The molecular weight excluding hydrogens is 296 g/mol. The molecular formula is C15H20N6O2. The topological polar surface area (TPSA) is 106 Å². The van der Waals surface area contributed by atoms with Crippen LogP contribution < -0.4 is 10.6 Å². The van der Waals surface area contributed by atoms with Crippen LogP contribution in [0.4, 0.5) is 23.1 Å². The highest BCUT2D eigenvalue weighted by Gasteiger charge is 2.23. The molecule has 0 aromatic carbocycles. The molecule has 0 aliphatic rings. The maximum Gasteiger partial charge on any atom is 0.353 e. The molecule has 0 saturated heterocycles. The van der Waals surface area contributed by atoms with Gasteiger partial charge < -0.3 is 10.6 Å². The smallest absolute Gasteiger partial charge is 0.353 e. The Hall–Kier alpha value is -2.77. The van der Waals surface area contributed by atoms with Gasteiger partial charge >= 0.3 is 5.69 Å². The van der Waals surface area contributed by atoms with E-state index in [1.54, 1.807) is 12.3 Å². The second kappa shape index (κ2) is 7.48. The van der Waals surface area contributed by atoms with E-state index in [0.29, 0.717) is 18.3 Å². The molecule has 0 spiro atoms. The Labute approximate surface area is 134 Å². The Bertz CT molecular complexity index is 689. The lowest BCUT2D eigenvalue weighted by Gasteiger charge is -2.11. The molecule has 0 amide bonds. The number of aryl methyl sites for hydroxylation is 1. The molecule has 2 rings (SSSR count). The number of pyridine rings is 1. The van der Waals surface area contributed by atoms with Crippen molar-refractivity contribution < 1.29 is 4.92 Å². The highest BCUT2D eigenvalue weighted by molar-refractivity contribution is 5.73. The summed E-state index contributed by atoms with van der Waals surface area (Å²) in [5.41, 5.74) is 0.691. The predicted octanol–water partition coefficient (Wildman–Crippen LogP) is 3.29. The summed E-state index contributed by atoms with van der Waals surface area (Å²) in [6, 6.07) is 3.66. The third-order valence-electron chi connectivity index (χ3n) is 3.27. The molecule has 8 heteroatoms. The third-order valence-corrected chi connectivity index (χ3v) is 3.27. The molecule has 23 heavy (non-hydrogen) atoms. The fourth-order valence-corrected chi connectivity index (χ4v) is 1.98. The van der Waals surface area contributed by atoms with Gasteiger partial charge in [-0.05, 0) is 30.9 Å². The Balaban J connectivity index is 2.29. The number of hydrogen-bond acceptors (Lipinski definition) is 7. The molecule has 0 fully saturated rings. The molecule has 0 aliphatic carbocycles. The van der Waals surface area contributed by atoms with Gasteiger partial charge in [0, 0.05) is 12.7 Å². The van der Waals surface area contributed by atoms with Crippen LogP contribution in [0.15, 0.2) is 24.7 Å². The van der Waals surface area contributed by atoms with Crippen LogP contribution in [0.2, 0.25) is 0 Å². The first-order chi connectivity index (χ1) is 11.0. The minimum atomic E-state index is -0.488. The van der Waals surface area contributed by atoms with Gasteiger partial charge in [-0.15, -0.1) is 0 Å². The van der Waals surface area contributed by atoms with Crippen LogP contribution in [0.25, 0.3) is 0 Å². The zero-order valence-electron chi connectivity index (χ0n) is 13.4. The zero-order chi connectivity index (χ0) is 16.8. The number of aromatic nitrogens is 3. The number of hydrogen-bond donors (Lipinski definition) is 2. The lowest BCUT2D eigenvalue weighted by Crippen LogP contribution is -2.11. The first-order valence-electron chi connectivity index (χ1n) is 7.41. The second-order valence-electron chi connectivity index (χ2n) is 5.58. The molecule has 8 nitrogen and oxygen atoms in total. The minimum Gasteiger partial charge on any atom is -0.364 e. The third kappa shape index (κ3) is 4.35. The van der Waals surface area contributed by atoms with Crippen molar-refractivity contribution in [3.63, 3.8) is 0 Å². The molecule has 0 atom stereocenters. The summed E-state index contributed by atoms with van der Waals surface area (Å²) in [5.74, 6) is 1.36. The molecule has 0 radical (unpaired) electrons. The average molecular weight is 316 g/mol. The van der Waals surface area contributed by atoms with Crippen LogP contribution in [-0.4, -0.2) is 26.4 Å². The van der Waals surface area contributed by atoms with Gasteiger partial charge in [0.2, 0.25) is 11.6 Å². The summed E-state index contributed by atoms with van der Waals surface area (Å²) in [6.07, 6.45) is 3.80. The summed E-state index contributed by atoms with van der Waals surface area (Å²) < 4.78 is 0. The lowest BCUT2D eigenvalue weighted by molar-refractivity contribution is -0.383. The van der Waals surface area contributed by atoms with Crippen LogP contribution in [0.3, 0.4) is 0 Å². The molecule has 122 valence electrons. The predicted molar refractivity (Wildman–Crippen MR) is 88.9 cm³/mol. The van der Waals surface area contributed by atoms with Gasteiger partial charge in [0.05, 0.1) is 4.92 Å². The van der Waals surface area contributed by atoms with Gasteiger partial charge in [0.1, 0.15) is 12.1 Å². The monoisotopic (exact) mass is 316 g/mol. The fourth-order valence-electron chi connectivity index (χ4n) is 1.98. The summed E-state index contributed by atoms with van der Waals surface area (Å²) in [6.45, 7) is 6.65. The van der Waals surface area contributed by atoms with Crippen LogP contribution in [0.1, 0.15) is 25.8 Å². The highest BCUT2D eigenvalue weighted by Crippen LogP contribution is 2.31. The average Bonchev–Trinajstić information content (AvgIpc) is 2.49. The number of anilines is 3. The summed E-state index contributed by atoms with van der Waals surface area (Å²) >= 11 is 0. The number of nitro groups is 1. The maximum absolute atomic E-state index is 11.4. The van der Waals surface area contributed by atoms with E-state index in [-0.39, 0.29) is 17.3 Å². The van der Waals surface area contributed by atoms with Crippen molar-refractivity contribution in [3.8, 4) is 0 Å². The fraction of sp³-hybridized carbons (Fsp3) is 0.400. The van der Waals surface area contributed by atoms with E-state index >= 15 is 0 Å². The van der Waals surface area contributed by atoms with Gasteiger partial charge in [0.15, 0.2) is 0 Å². The Morgan fingerprint density at radius 2 is 1.96 bits per heavy atom. The van der Waals surface area contributed by atoms with E-state index in [4.69, 9.17) is 0 Å². The lowest BCUT2D eigenvalue weighted by atomic mass is 10.1. The first kappa shape index (κ1) is 16.6. The zero-order valence-corrected chi connectivity index (χ0v) is 13.4. The van der Waals surface area contributed by atoms with Crippen molar-refractivity contribution in [3.05, 3.63) is 40.3 Å². The van der Waals surface area contributed by atoms with E-state index < -0.39 is 4.92 Å². The number of nitrogens with one attached hydrogen (secondary N) is 2. The summed E-state index contributed by atoms with van der Waals surface area (Å²) in [7, 11) is 0. The highest BCUT2D eigenvalue weighted by atomic mass is 16.6. The van der Waals surface area contributed by atoms with Gasteiger partial charge in [-0.1, -0.05) is 19.9 Å². The van der Waals surface area contributed by atoms with Crippen molar-refractivity contribution in [1.29, 1.82) is 0 Å². The summed E-state index contributed by atoms with van der Waals surface area (Å²) in [5, 5.41) is 17.4. The number of rotatable bonds is 7. The van der Waals surface area contributed by atoms with Gasteiger partial charge in [0.25, 0.3) is 0 Å². The Morgan fingerprint density at radius 3 is 2.61 bits per heavy atom. The molecule has 0 aliphatic heterocycles. The summed E-state index contributed by atoms with van der Waals surface area (Å²) in [4.78, 5) is 23.1. The molecule has 0 bridgehead atoms. The van der Waals surface area contributed by atoms with Gasteiger partial charge in [-0.3, -0.25) is 10.1 Å². The van der Waals surface area contributed by atoms with Crippen LogP contribution >= 0.6 is 0 Å². The quantitative estimate of drug-likeness (QED) is 0.596. The van der Waals surface area contributed by atoms with Crippen molar-refractivity contribution in [2.45, 2.75) is 27.2 Å². The number of nitrogens with zero attached hydrogens (tertiary/aromatic N) is 4. The minimum absolute atomic E-state index is 0.124. The van der Waals surface area contributed by atoms with Crippen LogP contribution in [0.5, 0.6) is 0 Å². The standard InChI is InChI=1S/C15H20N6O2/c1-10(2)6-8-17-14-12(21(22)23)15(19-9-18-14)20-13-11(3)5-4-7-16-13/h4-5,7,9-10H,6,8H2,1-3H3,(H2,16,17,18,19,20). The van der Waals surface area contributed by atoms with Crippen LogP contribution in [-0.2, 0) is 0 Å². The molecule has 2 heterocycles. The Morgan fingerprint density at radius 1 is 1.22 bits per heavy atom. The SMILES string of the molecule is Cc1cccnc1Nc1ncnc(NCCC(C)C)c1[N+](=O)[O-]. The van der Waals surface area contributed by atoms with E-state index in [0.717, 1.165) is 12.0 Å². The van der Waals surface area contributed by atoms with Crippen molar-refractivity contribution in [1.82, 2.24) is 15.0 Å². The molecule has 2 aromatic rings. The van der Waals surface area contributed by atoms with E-state index in [9.17, 15) is 10.1 Å². The first-order valence-corrected chi connectivity index (χ1v) is 7.41. The van der Waals surface area contributed by atoms with E-state index in [1.807, 2.05) is 13.0 Å². The normalized spacial score (nSPS) is 10.6. The van der Waals surface area contributed by atoms with Crippen molar-refractivity contribution in [2.75, 3.05) is 17.2 Å². The molecule has 0 saturated carbocycles. The largest absolute Gasteiger partial charge is 0.364 e. The van der Waals surface area contributed by atoms with Crippen LogP contribution in [0, 0.1) is 23.0 Å². The Kier molecular flexibility index (Phi) is 5.40.